The summed E-state index contributed by atoms with van der Waals surface area (Å²) in [6.45, 7) is 2.33. The molecule has 0 atom stereocenters. The molecule has 0 spiro atoms. The van der Waals surface area contributed by atoms with Crippen molar-refractivity contribution in [3.63, 3.8) is 0 Å². The summed E-state index contributed by atoms with van der Waals surface area (Å²) in [6.07, 6.45) is 4.63. The Morgan fingerprint density at radius 1 is 1.29 bits per heavy atom. The van der Waals surface area contributed by atoms with Crippen LogP contribution in [-0.4, -0.2) is 31.6 Å². The van der Waals surface area contributed by atoms with E-state index in [1.165, 1.54) is 18.5 Å². The number of hydrogen-bond acceptors (Lipinski definition) is 3. The number of para-hydroxylation sites is 2. The summed E-state index contributed by atoms with van der Waals surface area (Å²) >= 11 is 1.64. The van der Waals surface area contributed by atoms with E-state index in [-0.39, 0.29) is 0 Å². The summed E-state index contributed by atoms with van der Waals surface area (Å²) < 4.78 is 0. The van der Waals surface area contributed by atoms with Crippen LogP contribution in [-0.2, 0) is 0 Å². The van der Waals surface area contributed by atoms with Gasteiger partial charge < -0.3 is 10.2 Å². The van der Waals surface area contributed by atoms with Crippen molar-refractivity contribution >= 4 is 28.3 Å². The van der Waals surface area contributed by atoms with Crippen LogP contribution in [0.3, 0.4) is 0 Å². The third-order valence-corrected chi connectivity index (χ3v) is 3.66. The van der Waals surface area contributed by atoms with Crippen LogP contribution in [0.15, 0.2) is 29.3 Å². The van der Waals surface area contributed by atoms with Gasteiger partial charge in [-0.2, -0.15) is 0 Å². The van der Waals surface area contributed by atoms with Crippen molar-refractivity contribution in [1.82, 2.24) is 0 Å². The maximum Gasteiger partial charge on any atom is 0.160 e. The van der Waals surface area contributed by atoms with Crippen LogP contribution in [0.5, 0.6) is 0 Å². The lowest BCUT2D eigenvalue weighted by Crippen LogP contribution is -2.20. The number of benzene rings is 1. The summed E-state index contributed by atoms with van der Waals surface area (Å²) in [4.78, 5) is 6.66. The molecule has 0 aliphatic carbocycles. The second-order valence-electron chi connectivity index (χ2n) is 4.07. The zero-order chi connectivity index (χ0) is 12.1. The van der Waals surface area contributed by atoms with Gasteiger partial charge in [0.2, 0.25) is 0 Å². The molecule has 1 heterocycles. The van der Waals surface area contributed by atoms with Crippen LogP contribution in [0.4, 0.5) is 11.4 Å². The molecule has 3 nitrogen and oxygen atoms in total. The average Bonchev–Trinajstić information content (AvgIpc) is 2.90. The molecule has 0 unspecified atom stereocenters. The van der Waals surface area contributed by atoms with Gasteiger partial charge in [0.05, 0.1) is 11.4 Å². The molecule has 0 radical (unpaired) electrons. The SMILES string of the molecule is CN=C(Nc1ccccc1N1CCCC1)SC. The van der Waals surface area contributed by atoms with E-state index in [0.29, 0.717) is 0 Å². The highest BCUT2D eigenvalue weighted by Gasteiger charge is 2.15. The van der Waals surface area contributed by atoms with Crippen molar-refractivity contribution in [2.24, 2.45) is 4.99 Å². The van der Waals surface area contributed by atoms with Gasteiger partial charge in [-0.3, -0.25) is 4.99 Å². The molecule has 17 heavy (non-hydrogen) atoms. The second-order valence-corrected chi connectivity index (χ2v) is 4.86. The minimum Gasteiger partial charge on any atom is -0.370 e. The lowest BCUT2D eigenvalue weighted by atomic mass is 10.2. The van der Waals surface area contributed by atoms with E-state index in [4.69, 9.17) is 0 Å². The number of hydrogen-bond donors (Lipinski definition) is 1. The average molecular weight is 249 g/mol. The Balaban J connectivity index is 2.21. The predicted molar refractivity (Wildman–Crippen MR) is 78.4 cm³/mol. The van der Waals surface area contributed by atoms with E-state index in [1.807, 2.05) is 13.3 Å². The van der Waals surface area contributed by atoms with Crippen molar-refractivity contribution in [1.29, 1.82) is 0 Å². The summed E-state index contributed by atoms with van der Waals surface area (Å²) in [5.74, 6) is 0. The van der Waals surface area contributed by atoms with E-state index in [1.54, 1.807) is 11.8 Å². The number of rotatable bonds is 2. The molecule has 0 amide bonds. The molecule has 1 aromatic carbocycles. The molecule has 1 N–H and O–H groups in total. The lowest BCUT2D eigenvalue weighted by molar-refractivity contribution is 0.949. The zero-order valence-corrected chi connectivity index (χ0v) is 11.3. The quantitative estimate of drug-likeness (QED) is 0.645. The molecule has 0 bridgehead atoms. The minimum absolute atomic E-state index is 0.955. The maximum atomic E-state index is 4.22. The number of nitrogens with zero attached hydrogens (tertiary/aromatic N) is 2. The first-order valence-electron chi connectivity index (χ1n) is 5.97. The van der Waals surface area contributed by atoms with Gasteiger partial charge in [0.25, 0.3) is 0 Å². The molecule has 0 saturated carbocycles. The molecule has 1 aliphatic rings. The summed E-state index contributed by atoms with van der Waals surface area (Å²) in [5, 5.41) is 4.35. The fraction of sp³-hybridized carbons (Fsp3) is 0.462. The summed E-state index contributed by atoms with van der Waals surface area (Å²) in [6, 6.07) is 8.46. The highest BCUT2D eigenvalue weighted by Crippen LogP contribution is 2.29. The van der Waals surface area contributed by atoms with Crippen molar-refractivity contribution in [2.75, 3.05) is 36.6 Å². The number of aliphatic imine (C=N–C) groups is 1. The third-order valence-electron chi connectivity index (χ3n) is 2.99. The first kappa shape index (κ1) is 12.3. The Labute approximate surface area is 107 Å². The standard InChI is InChI=1S/C13H19N3S/c1-14-13(17-2)15-11-7-3-4-8-12(11)16-9-5-6-10-16/h3-4,7-8H,5-6,9-10H2,1-2H3,(H,14,15). The van der Waals surface area contributed by atoms with Gasteiger partial charge in [-0.15, -0.1) is 0 Å². The van der Waals surface area contributed by atoms with Gasteiger partial charge in [0, 0.05) is 20.1 Å². The van der Waals surface area contributed by atoms with Gasteiger partial charge in [-0.25, -0.2) is 0 Å². The predicted octanol–water partition coefficient (Wildman–Crippen LogP) is 3.05. The highest BCUT2D eigenvalue weighted by atomic mass is 32.2. The Kier molecular flexibility index (Phi) is 4.31. The molecular weight excluding hydrogens is 230 g/mol. The first-order chi connectivity index (χ1) is 8.35. The van der Waals surface area contributed by atoms with Crippen LogP contribution in [0.25, 0.3) is 0 Å². The molecule has 1 aromatic rings. The van der Waals surface area contributed by atoms with Crippen LogP contribution in [0, 0.1) is 0 Å². The number of amidine groups is 1. The normalized spacial score (nSPS) is 16.4. The molecule has 1 saturated heterocycles. The molecule has 0 aromatic heterocycles. The van der Waals surface area contributed by atoms with Crippen molar-refractivity contribution in [3.8, 4) is 0 Å². The summed E-state index contributed by atoms with van der Waals surface area (Å²) in [7, 11) is 1.82. The Bertz CT molecular complexity index is 397. The Hall–Kier alpha value is -1.16. The molecule has 4 heteroatoms. The largest absolute Gasteiger partial charge is 0.370 e. The molecule has 2 rings (SSSR count). The van der Waals surface area contributed by atoms with E-state index in [2.05, 4.69) is 39.5 Å². The first-order valence-corrected chi connectivity index (χ1v) is 7.19. The van der Waals surface area contributed by atoms with E-state index in [9.17, 15) is 0 Å². The van der Waals surface area contributed by atoms with Crippen LogP contribution >= 0.6 is 11.8 Å². The van der Waals surface area contributed by atoms with Crippen LogP contribution < -0.4 is 10.2 Å². The summed E-state index contributed by atoms with van der Waals surface area (Å²) in [5.41, 5.74) is 2.45. The van der Waals surface area contributed by atoms with Gasteiger partial charge in [-0.1, -0.05) is 23.9 Å². The monoisotopic (exact) mass is 249 g/mol. The highest BCUT2D eigenvalue weighted by molar-refractivity contribution is 8.13. The van der Waals surface area contributed by atoms with Crippen molar-refractivity contribution < 1.29 is 0 Å². The second kappa shape index (κ2) is 5.96. The number of anilines is 2. The van der Waals surface area contributed by atoms with E-state index < -0.39 is 0 Å². The fourth-order valence-electron chi connectivity index (χ4n) is 2.13. The van der Waals surface area contributed by atoms with Gasteiger partial charge >= 0.3 is 0 Å². The Morgan fingerprint density at radius 3 is 2.65 bits per heavy atom. The third kappa shape index (κ3) is 2.94. The maximum absolute atomic E-state index is 4.22. The number of thioether (sulfide) groups is 1. The van der Waals surface area contributed by atoms with Crippen LogP contribution in [0.2, 0.25) is 0 Å². The zero-order valence-electron chi connectivity index (χ0n) is 10.4. The Morgan fingerprint density at radius 2 is 2.00 bits per heavy atom. The minimum atomic E-state index is 0.955. The van der Waals surface area contributed by atoms with Gasteiger partial charge in [-0.05, 0) is 31.2 Å². The topological polar surface area (TPSA) is 27.6 Å². The fourth-order valence-corrected chi connectivity index (χ4v) is 2.52. The van der Waals surface area contributed by atoms with Gasteiger partial charge in [0.15, 0.2) is 5.17 Å². The van der Waals surface area contributed by atoms with Gasteiger partial charge in [0.1, 0.15) is 0 Å². The molecule has 1 fully saturated rings. The lowest BCUT2D eigenvalue weighted by Gasteiger charge is -2.21. The number of nitrogens with one attached hydrogen (secondary N) is 1. The smallest absolute Gasteiger partial charge is 0.160 e. The molecular formula is C13H19N3S. The van der Waals surface area contributed by atoms with Crippen molar-refractivity contribution in [2.45, 2.75) is 12.8 Å². The van der Waals surface area contributed by atoms with E-state index >= 15 is 0 Å². The molecule has 92 valence electrons. The molecule has 1 aliphatic heterocycles. The van der Waals surface area contributed by atoms with E-state index in [0.717, 1.165) is 23.9 Å². The van der Waals surface area contributed by atoms with Crippen molar-refractivity contribution in [3.05, 3.63) is 24.3 Å². The van der Waals surface area contributed by atoms with Crippen LogP contribution in [0.1, 0.15) is 12.8 Å².